The van der Waals surface area contributed by atoms with Crippen LogP contribution in [0.15, 0.2) is 47.3 Å². The highest BCUT2D eigenvalue weighted by Crippen LogP contribution is 2.23. The molecule has 25 heavy (non-hydrogen) atoms. The van der Waals surface area contributed by atoms with Crippen LogP contribution in [0, 0.1) is 0 Å². The monoisotopic (exact) mass is 359 g/mol. The molecule has 0 aliphatic carbocycles. The quantitative estimate of drug-likeness (QED) is 0.699. The number of benzene rings is 2. The molecule has 1 heterocycles. The number of amides is 1. The Kier molecular flexibility index (Phi) is 4.58. The van der Waals surface area contributed by atoms with E-state index in [-0.39, 0.29) is 28.5 Å². The fourth-order valence-electron chi connectivity index (χ4n) is 2.46. The van der Waals surface area contributed by atoms with Crippen LogP contribution in [0.3, 0.4) is 0 Å². The van der Waals surface area contributed by atoms with Crippen molar-refractivity contribution in [3.8, 4) is 0 Å². The molecule has 2 aromatic carbocycles. The summed E-state index contributed by atoms with van der Waals surface area (Å²) in [6.45, 7) is -0.193. The van der Waals surface area contributed by atoms with Crippen molar-refractivity contribution in [2.45, 2.75) is 6.54 Å². The maximum absolute atomic E-state index is 12.3. The van der Waals surface area contributed by atoms with E-state index in [9.17, 15) is 14.4 Å². The highest BCUT2D eigenvalue weighted by atomic mass is 35.5. The van der Waals surface area contributed by atoms with Crippen molar-refractivity contribution < 1.29 is 14.3 Å². The van der Waals surface area contributed by atoms with E-state index in [4.69, 9.17) is 11.6 Å². The van der Waals surface area contributed by atoms with Crippen LogP contribution in [-0.2, 0) is 16.1 Å². The fourth-order valence-corrected chi connectivity index (χ4v) is 2.63. The van der Waals surface area contributed by atoms with Crippen LogP contribution in [0.1, 0.15) is 10.4 Å². The van der Waals surface area contributed by atoms with Crippen LogP contribution >= 0.6 is 11.6 Å². The first-order valence-electron chi connectivity index (χ1n) is 7.35. The molecule has 7 nitrogen and oxygen atoms in total. The van der Waals surface area contributed by atoms with Crippen molar-refractivity contribution in [1.82, 2.24) is 9.55 Å². The summed E-state index contributed by atoms with van der Waals surface area (Å²) in [5, 5.41) is 2.88. The van der Waals surface area contributed by atoms with Gasteiger partial charge in [0.15, 0.2) is 0 Å². The van der Waals surface area contributed by atoms with Gasteiger partial charge >= 0.3 is 11.7 Å². The van der Waals surface area contributed by atoms with Gasteiger partial charge in [0, 0.05) is 0 Å². The first kappa shape index (κ1) is 16.8. The molecular formula is C17H14ClN3O4. The van der Waals surface area contributed by atoms with Crippen LogP contribution in [-0.4, -0.2) is 28.5 Å². The molecule has 0 aliphatic heterocycles. The summed E-state index contributed by atoms with van der Waals surface area (Å²) in [6.07, 6.45) is 0. The van der Waals surface area contributed by atoms with E-state index in [1.54, 1.807) is 24.3 Å². The summed E-state index contributed by atoms with van der Waals surface area (Å²) >= 11 is 6.05. The Hall–Kier alpha value is -3.06. The van der Waals surface area contributed by atoms with Gasteiger partial charge in [-0.1, -0.05) is 23.7 Å². The van der Waals surface area contributed by atoms with Crippen molar-refractivity contribution in [3.05, 3.63) is 63.5 Å². The van der Waals surface area contributed by atoms with Crippen molar-refractivity contribution in [2.24, 2.45) is 0 Å². The maximum atomic E-state index is 12.3. The zero-order chi connectivity index (χ0) is 18.0. The molecule has 0 spiro atoms. The largest absolute Gasteiger partial charge is 0.465 e. The van der Waals surface area contributed by atoms with Crippen molar-refractivity contribution >= 4 is 40.2 Å². The lowest BCUT2D eigenvalue weighted by molar-refractivity contribution is -0.116. The number of hydrogen-bond donors (Lipinski definition) is 2. The average Bonchev–Trinajstić information content (AvgIpc) is 2.92. The van der Waals surface area contributed by atoms with Gasteiger partial charge in [0.25, 0.3) is 0 Å². The number of imidazole rings is 1. The van der Waals surface area contributed by atoms with Crippen LogP contribution in [0.2, 0.25) is 5.02 Å². The number of ether oxygens (including phenoxy) is 1. The number of rotatable bonds is 4. The number of carbonyl (C=O) groups excluding carboxylic acids is 2. The zero-order valence-electron chi connectivity index (χ0n) is 13.2. The molecule has 0 aliphatic rings. The summed E-state index contributed by atoms with van der Waals surface area (Å²) in [6, 6.07) is 11.5. The molecule has 0 saturated heterocycles. The summed E-state index contributed by atoms with van der Waals surface area (Å²) in [5.41, 5.74) is 1.41. The second-order valence-corrected chi connectivity index (χ2v) is 5.68. The smallest absolute Gasteiger partial charge is 0.337 e. The van der Waals surface area contributed by atoms with Gasteiger partial charge in [-0.2, -0.15) is 0 Å². The maximum Gasteiger partial charge on any atom is 0.337 e. The minimum Gasteiger partial charge on any atom is -0.465 e. The van der Waals surface area contributed by atoms with E-state index >= 15 is 0 Å². The molecule has 1 amide bonds. The van der Waals surface area contributed by atoms with E-state index < -0.39 is 11.9 Å². The zero-order valence-corrected chi connectivity index (χ0v) is 14.0. The number of para-hydroxylation sites is 2. The SMILES string of the molecule is COC(=O)c1ccc(Cl)c(NC(=O)Cn2c(=O)[nH]c3ccccc32)c1. The van der Waals surface area contributed by atoms with Gasteiger partial charge in [0.05, 0.1) is 34.4 Å². The third-order valence-corrected chi connectivity index (χ3v) is 3.97. The lowest BCUT2D eigenvalue weighted by atomic mass is 10.2. The number of hydrogen-bond acceptors (Lipinski definition) is 4. The van der Waals surface area contributed by atoms with Gasteiger partial charge in [-0.3, -0.25) is 9.36 Å². The third-order valence-electron chi connectivity index (χ3n) is 3.64. The Bertz CT molecular complexity index is 1020. The van der Waals surface area contributed by atoms with Gasteiger partial charge < -0.3 is 15.0 Å². The molecule has 128 valence electrons. The molecule has 0 radical (unpaired) electrons. The van der Waals surface area contributed by atoms with Crippen LogP contribution in [0.5, 0.6) is 0 Å². The van der Waals surface area contributed by atoms with E-state index in [0.29, 0.717) is 11.0 Å². The number of anilines is 1. The summed E-state index contributed by atoms with van der Waals surface area (Å²) < 4.78 is 5.96. The Balaban J connectivity index is 1.84. The lowest BCUT2D eigenvalue weighted by Gasteiger charge is -2.09. The molecule has 8 heteroatoms. The minimum atomic E-state index is -0.542. The average molecular weight is 360 g/mol. The molecule has 3 aromatic rings. The molecule has 0 fully saturated rings. The molecule has 1 aromatic heterocycles. The van der Waals surface area contributed by atoms with Gasteiger partial charge in [-0.05, 0) is 30.3 Å². The Morgan fingerprint density at radius 2 is 2.00 bits per heavy atom. The van der Waals surface area contributed by atoms with E-state index in [2.05, 4.69) is 15.0 Å². The Labute approximate surface area is 147 Å². The van der Waals surface area contributed by atoms with Gasteiger partial charge in [-0.15, -0.1) is 0 Å². The van der Waals surface area contributed by atoms with Gasteiger partial charge in [0.1, 0.15) is 6.54 Å². The standard InChI is InChI=1S/C17H14ClN3O4/c1-25-16(23)10-6-7-11(18)13(8-10)19-15(22)9-21-14-5-3-2-4-12(14)20-17(21)24/h2-8H,9H2,1H3,(H,19,22)(H,20,24). The second kappa shape index (κ2) is 6.82. The van der Waals surface area contributed by atoms with Crippen LogP contribution < -0.4 is 11.0 Å². The number of fused-ring (bicyclic) bond motifs is 1. The minimum absolute atomic E-state index is 0.193. The Morgan fingerprint density at radius 3 is 2.76 bits per heavy atom. The number of esters is 1. The molecule has 0 saturated carbocycles. The topological polar surface area (TPSA) is 93.2 Å². The number of carbonyl (C=O) groups is 2. The highest BCUT2D eigenvalue weighted by molar-refractivity contribution is 6.33. The summed E-state index contributed by atoms with van der Waals surface area (Å²) in [7, 11) is 1.26. The van der Waals surface area contributed by atoms with E-state index in [1.165, 1.54) is 29.9 Å². The van der Waals surface area contributed by atoms with E-state index in [1.807, 2.05) is 0 Å². The first-order chi connectivity index (χ1) is 12.0. The molecule has 0 atom stereocenters. The third kappa shape index (κ3) is 3.41. The highest BCUT2D eigenvalue weighted by Gasteiger charge is 2.14. The number of nitrogens with zero attached hydrogens (tertiary/aromatic N) is 1. The van der Waals surface area contributed by atoms with Crippen LogP contribution in [0.25, 0.3) is 11.0 Å². The number of aromatic amines is 1. The number of methoxy groups -OCH3 is 1. The number of aromatic nitrogens is 2. The predicted octanol–water partition coefficient (Wildman–Crippen LogP) is 2.41. The van der Waals surface area contributed by atoms with Crippen molar-refractivity contribution in [1.29, 1.82) is 0 Å². The van der Waals surface area contributed by atoms with Crippen molar-refractivity contribution in [3.63, 3.8) is 0 Å². The van der Waals surface area contributed by atoms with Crippen LogP contribution in [0.4, 0.5) is 5.69 Å². The van der Waals surface area contributed by atoms with E-state index in [0.717, 1.165) is 0 Å². The number of H-pyrrole nitrogens is 1. The van der Waals surface area contributed by atoms with Gasteiger partial charge in [-0.25, -0.2) is 9.59 Å². The molecule has 0 unspecified atom stereocenters. The summed E-state index contributed by atoms with van der Waals surface area (Å²) in [4.78, 5) is 38.6. The molecule has 2 N–H and O–H groups in total. The second-order valence-electron chi connectivity index (χ2n) is 5.27. The molecule has 0 bridgehead atoms. The number of nitrogens with one attached hydrogen (secondary N) is 2. The predicted molar refractivity (Wildman–Crippen MR) is 94.0 cm³/mol. The lowest BCUT2D eigenvalue weighted by Crippen LogP contribution is -2.26. The fraction of sp³-hybridized carbons (Fsp3) is 0.118. The first-order valence-corrected chi connectivity index (χ1v) is 7.72. The number of halogens is 1. The van der Waals surface area contributed by atoms with Gasteiger partial charge in [0.2, 0.25) is 5.91 Å². The van der Waals surface area contributed by atoms with Crippen molar-refractivity contribution in [2.75, 3.05) is 12.4 Å². The summed E-state index contributed by atoms with van der Waals surface area (Å²) in [5.74, 6) is -0.990. The molecular weight excluding hydrogens is 346 g/mol. The Morgan fingerprint density at radius 1 is 1.24 bits per heavy atom. The normalized spacial score (nSPS) is 10.6. The molecule has 3 rings (SSSR count).